The molecule has 0 aromatic heterocycles. The van der Waals surface area contributed by atoms with Gasteiger partial charge in [0.1, 0.15) is 13.2 Å². The van der Waals surface area contributed by atoms with Crippen molar-refractivity contribution in [3.8, 4) is 0 Å². The lowest BCUT2D eigenvalue weighted by molar-refractivity contribution is -0.150. The summed E-state index contributed by atoms with van der Waals surface area (Å²) in [5.74, 6) is -1.08. The normalized spacial score (nSPS) is 10.7. The molecule has 0 heterocycles. The first-order valence-electron chi connectivity index (χ1n) is 5.48. The number of ether oxygens (including phenoxy) is 2. The van der Waals surface area contributed by atoms with Crippen molar-refractivity contribution in [2.24, 2.45) is 5.41 Å². The van der Waals surface area contributed by atoms with Crippen LogP contribution >= 0.6 is 0 Å². The molecule has 0 unspecified atom stereocenters. The summed E-state index contributed by atoms with van der Waals surface area (Å²) in [6.45, 7) is 11.2. The van der Waals surface area contributed by atoms with Crippen molar-refractivity contribution in [3.05, 3.63) is 24.3 Å². The maximum absolute atomic E-state index is 11.2. The number of carbonyl (C=O) groups is 2. The maximum atomic E-state index is 11.2. The molecule has 0 aliphatic rings. The highest BCUT2D eigenvalue weighted by molar-refractivity contribution is 5.87. The molecule has 0 aliphatic carbocycles. The van der Waals surface area contributed by atoms with E-state index < -0.39 is 17.4 Å². The molecular formula is C13H20O5. The Morgan fingerprint density at radius 3 is 1.61 bits per heavy atom. The lowest BCUT2D eigenvalue weighted by Gasteiger charge is -2.26. The first kappa shape index (κ1) is 16.4. The van der Waals surface area contributed by atoms with Crippen LogP contribution in [0.15, 0.2) is 24.3 Å². The molecule has 1 N–H and O–H groups in total. The van der Waals surface area contributed by atoms with Gasteiger partial charge in [0.15, 0.2) is 0 Å². The highest BCUT2D eigenvalue weighted by Gasteiger charge is 2.28. The van der Waals surface area contributed by atoms with Gasteiger partial charge in [-0.3, -0.25) is 0 Å². The Hall–Kier alpha value is -1.62. The number of aliphatic hydroxyl groups is 1. The number of aliphatic hydroxyl groups excluding tert-OH is 1. The second kappa shape index (κ2) is 6.96. The van der Waals surface area contributed by atoms with Gasteiger partial charge in [-0.1, -0.05) is 20.1 Å². The van der Waals surface area contributed by atoms with Gasteiger partial charge in [-0.05, 0) is 13.8 Å². The number of rotatable bonds is 7. The number of carbonyl (C=O) groups excluding carboxylic acids is 2. The molecule has 0 rings (SSSR count). The van der Waals surface area contributed by atoms with Crippen LogP contribution < -0.4 is 0 Å². The molecule has 18 heavy (non-hydrogen) atoms. The largest absolute Gasteiger partial charge is 0.462 e. The van der Waals surface area contributed by atoms with Crippen LogP contribution in [0.2, 0.25) is 0 Å². The smallest absolute Gasteiger partial charge is 0.333 e. The van der Waals surface area contributed by atoms with Crippen LogP contribution in [0.4, 0.5) is 0 Å². The minimum Gasteiger partial charge on any atom is -0.462 e. The minimum atomic E-state index is -0.837. The molecule has 0 saturated carbocycles. The van der Waals surface area contributed by atoms with E-state index in [4.69, 9.17) is 9.47 Å². The molecule has 0 fully saturated rings. The molecule has 5 heteroatoms. The summed E-state index contributed by atoms with van der Waals surface area (Å²) in [5, 5.41) is 9.26. The Bertz CT molecular complexity index is 326. The van der Waals surface area contributed by atoms with Gasteiger partial charge in [-0.15, -0.1) is 0 Å². The van der Waals surface area contributed by atoms with E-state index in [0.29, 0.717) is 0 Å². The quantitative estimate of drug-likeness (QED) is 0.547. The molecule has 5 nitrogen and oxygen atoms in total. The van der Waals surface area contributed by atoms with Gasteiger partial charge < -0.3 is 14.6 Å². The van der Waals surface area contributed by atoms with Crippen molar-refractivity contribution in [2.75, 3.05) is 19.8 Å². The molecule has 0 amide bonds. The van der Waals surface area contributed by atoms with E-state index in [0.717, 1.165) is 0 Å². The highest BCUT2D eigenvalue weighted by Crippen LogP contribution is 2.17. The van der Waals surface area contributed by atoms with Crippen LogP contribution in [0.5, 0.6) is 0 Å². The predicted octanol–water partition coefficient (Wildman–Crippen LogP) is 1.22. The fraction of sp³-hybridized carbons (Fsp3) is 0.538. The van der Waals surface area contributed by atoms with Crippen LogP contribution in [-0.4, -0.2) is 36.9 Å². The monoisotopic (exact) mass is 256 g/mol. The summed E-state index contributed by atoms with van der Waals surface area (Å²) in [7, 11) is 0. The van der Waals surface area contributed by atoms with Crippen molar-refractivity contribution >= 4 is 11.9 Å². The van der Waals surface area contributed by atoms with Gasteiger partial charge in [0.25, 0.3) is 0 Å². The summed E-state index contributed by atoms with van der Waals surface area (Å²) in [5.41, 5.74) is -0.292. The molecule has 0 atom stereocenters. The summed E-state index contributed by atoms with van der Waals surface area (Å²) in [6.07, 6.45) is 0. The zero-order chi connectivity index (χ0) is 14.3. The van der Waals surface area contributed by atoms with Crippen LogP contribution in [0.1, 0.15) is 20.8 Å². The molecule has 0 aromatic rings. The lowest BCUT2D eigenvalue weighted by atomic mass is 9.94. The van der Waals surface area contributed by atoms with Crippen molar-refractivity contribution < 1.29 is 24.2 Å². The second-order valence-electron chi connectivity index (χ2n) is 4.68. The van der Waals surface area contributed by atoms with Crippen LogP contribution in [0.3, 0.4) is 0 Å². The SMILES string of the molecule is C=C(C)C(=O)OCC(C)(CO)COC(=O)C(=C)C. The zero-order valence-corrected chi connectivity index (χ0v) is 11.1. The first-order chi connectivity index (χ1) is 8.22. The summed E-state index contributed by atoms with van der Waals surface area (Å²) in [4.78, 5) is 22.5. The molecule has 102 valence electrons. The molecule has 0 spiro atoms. The van der Waals surface area contributed by atoms with Gasteiger partial charge in [-0.2, -0.15) is 0 Å². The zero-order valence-electron chi connectivity index (χ0n) is 11.1. The fourth-order valence-electron chi connectivity index (χ4n) is 0.859. The minimum absolute atomic E-state index is 0.0569. The average molecular weight is 256 g/mol. The number of hydrogen-bond donors (Lipinski definition) is 1. The van der Waals surface area contributed by atoms with E-state index in [1.807, 2.05) is 0 Å². The molecule has 0 saturated heterocycles. The third kappa shape index (κ3) is 5.63. The Balaban J connectivity index is 4.35. The number of hydrogen-bond acceptors (Lipinski definition) is 5. The second-order valence-corrected chi connectivity index (χ2v) is 4.68. The average Bonchev–Trinajstić information content (AvgIpc) is 2.32. The third-order valence-electron chi connectivity index (χ3n) is 2.18. The molecule has 0 aliphatic heterocycles. The fourth-order valence-corrected chi connectivity index (χ4v) is 0.859. The van der Waals surface area contributed by atoms with Crippen molar-refractivity contribution in [3.63, 3.8) is 0 Å². The molecular weight excluding hydrogens is 236 g/mol. The van der Waals surface area contributed by atoms with Crippen molar-refractivity contribution in [1.82, 2.24) is 0 Å². The maximum Gasteiger partial charge on any atom is 0.333 e. The van der Waals surface area contributed by atoms with Crippen LogP contribution in [0.25, 0.3) is 0 Å². The van der Waals surface area contributed by atoms with E-state index in [1.165, 1.54) is 13.8 Å². The lowest BCUT2D eigenvalue weighted by Crippen LogP contribution is -2.35. The van der Waals surface area contributed by atoms with Crippen LogP contribution in [-0.2, 0) is 19.1 Å². The Kier molecular flexibility index (Phi) is 6.33. The standard InChI is InChI=1S/C13H20O5/c1-9(2)11(15)17-7-13(5,6-14)8-18-12(16)10(3)4/h14H,1,3,6-8H2,2,4-5H3. The van der Waals surface area contributed by atoms with Crippen molar-refractivity contribution in [1.29, 1.82) is 0 Å². The van der Waals surface area contributed by atoms with Gasteiger partial charge >= 0.3 is 11.9 Å². The molecule has 0 radical (unpaired) electrons. The van der Waals surface area contributed by atoms with E-state index in [9.17, 15) is 14.7 Å². The van der Waals surface area contributed by atoms with Gasteiger partial charge in [0.2, 0.25) is 0 Å². The molecule has 0 aromatic carbocycles. The highest BCUT2D eigenvalue weighted by atomic mass is 16.5. The first-order valence-corrected chi connectivity index (χ1v) is 5.48. The Morgan fingerprint density at radius 1 is 1.06 bits per heavy atom. The summed E-state index contributed by atoms with van der Waals surface area (Å²) in [6, 6.07) is 0. The Morgan fingerprint density at radius 2 is 1.39 bits per heavy atom. The van der Waals surface area contributed by atoms with Crippen molar-refractivity contribution in [2.45, 2.75) is 20.8 Å². The molecule has 0 bridgehead atoms. The van der Waals surface area contributed by atoms with E-state index >= 15 is 0 Å². The Labute approximate surface area is 107 Å². The van der Waals surface area contributed by atoms with E-state index in [2.05, 4.69) is 13.2 Å². The number of esters is 2. The summed E-state index contributed by atoms with van der Waals surface area (Å²) >= 11 is 0. The third-order valence-corrected chi connectivity index (χ3v) is 2.18. The van der Waals surface area contributed by atoms with Gasteiger partial charge in [-0.25, -0.2) is 9.59 Å². The van der Waals surface area contributed by atoms with Crippen LogP contribution in [0, 0.1) is 5.41 Å². The summed E-state index contributed by atoms with van der Waals surface area (Å²) < 4.78 is 9.88. The topological polar surface area (TPSA) is 72.8 Å². The predicted molar refractivity (Wildman–Crippen MR) is 66.7 cm³/mol. The van der Waals surface area contributed by atoms with Gasteiger partial charge in [0, 0.05) is 11.1 Å². The van der Waals surface area contributed by atoms with Gasteiger partial charge in [0.05, 0.1) is 12.0 Å². The van der Waals surface area contributed by atoms with E-state index in [1.54, 1.807) is 6.92 Å². The van der Waals surface area contributed by atoms with E-state index in [-0.39, 0.29) is 31.0 Å².